The van der Waals surface area contributed by atoms with Gasteiger partial charge in [0.05, 0.1) is 6.04 Å². The van der Waals surface area contributed by atoms with Crippen molar-refractivity contribution in [3.63, 3.8) is 0 Å². The van der Waals surface area contributed by atoms with Crippen LogP contribution in [0.3, 0.4) is 0 Å². The Bertz CT molecular complexity index is 627. The van der Waals surface area contributed by atoms with E-state index in [2.05, 4.69) is 36.1 Å². The van der Waals surface area contributed by atoms with E-state index >= 15 is 0 Å². The maximum atomic E-state index is 13.1. The molecule has 0 spiro atoms. The van der Waals surface area contributed by atoms with E-state index in [0.29, 0.717) is 0 Å². The Morgan fingerprint density at radius 2 is 1.61 bits per heavy atom. The van der Waals surface area contributed by atoms with E-state index in [1.54, 1.807) is 0 Å². The van der Waals surface area contributed by atoms with Crippen LogP contribution in [0.25, 0.3) is 0 Å². The van der Waals surface area contributed by atoms with Crippen LogP contribution in [0.5, 0.6) is 0 Å². The molecule has 23 heavy (non-hydrogen) atoms. The zero-order valence-electron chi connectivity index (χ0n) is 13.9. The third-order valence-corrected chi connectivity index (χ3v) is 4.74. The molecule has 1 fully saturated rings. The fourth-order valence-corrected chi connectivity index (χ4v) is 3.37. The molecule has 0 saturated carbocycles. The van der Waals surface area contributed by atoms with Crippen molar-refractivity contribution in [2.75, 3.05) is 13.1 Å². The number of carbonyl (C=O) groups is 1. The largest absolute Gasteiger partial charge is 0.293 e. The summed E-state index contributed by atoms with van der Waals surface area (Å²) in [7, 11) is 0. The first-order valence-electron chi connectivity index (χ1n) is 8.63. The highest BCUT2D eigenvalue weighted by molar-refractivity contribution is 6.00. The smallest absolute Gasteiger partial charge is 0.180 e. The number of carbonyl (C=O) groups excluding carboxylic acids is 1. The van der Waals surface area contributed by atoms with Crippen LogP contribution < -0.4 is 0 Å². The zero-order valence-corrected chi connectivity index (χ0v) is 13.9. The first-order valence-corrected chi connectivity index (χ1v) is 8.63. The molecular weight excluding hydrogens is 282 g/mol. The average molecular weight is 307 g/mol. The maximum absolute atomic E-state index is 13.1. The van der Waals surface area contributed by atoms with Gasteiger partial charge < -0.3 is 0 Å². The minimum Gasteiger partial charge on any atom is -0.293 e. The number of hydrogen-bond acceptors (Lipinski definition) is 2. The van der Waals surface area contributed by atoms with E-state index in [1.807, 2.05) is 30.3 Å². The molecule has 2 aromatic rings. The topological polar surface area (TPSA) is 20.3 Å². The highest BCUT2D eigenvalue weighted by atomic mass is 16.1. The predicted molar refractivity (Wildman–Crippen MR) is 94.9 cm³/mol. The van der Waals surface area contributed by atoms with Crippen LogP contribution in [0.15, 0.2) is 54.6 Å². The summed E-state index contributed by atoms with van der Waals surface area (Å²) in [5.41, 5.74) is 3.27. The van der Waals surface area contributed by atoms with Gasteiger partial charge in [0.25, 0.3) is 0 Å². The summed E-state index contributed by atoms with van der Waals surface area (Å²) < 4.78 is 0. The summed E-state index contributed by atoms with van der Waals surface area (Å²) >= 11 is 0. The van der Waals surface area contributed by atoms with Crippen LogP contribution >= 0.6 is 0 Å². The number of likely N-dealkylation sites (tertiary alicyclic amines) is 1. The second-order valence-electron chi connectivity index (χ2n) is 6.53. The molecule has 2 heteroatoms. The van der Waals surface area contributed by atoms with Gasteiger partial charge in [0.15, 0.2) is 5.78 Å². The lowest BCUT2D eigenvalue weighted by atomic mass is 9.94. The normalized spacial score (nSPS) is 16.9. The van der Waals surface area contributed by atoms with E-state index in [4.69, 9.17) is 0 Å². The lowest BCUT2D eigenvalue weighted by Gasteiger charge is -2.34. The zero-order chi connectivity index (χ0) is 16.1. The van der Waals surface area contributed by atoms with E-state index in [1.165, 1.54) is 30.4 Å². The summed E-state index contributed by atoms with van der Waals surface area (Å²) in [6.07, 6.45) is 4.49. The van der Waals surface area contributed by atoms with Gasteiger partial charge in [-0.25, -0.2) is 0 Å². The Morgan fingerprint density at radius 3 is 2.26 bits per heavy atom. The summed E-state index contributed by atoms with van der Waals surface area (Å²) in [6.45, 7) is 4.13. The molecule has 0 radical (unpaired) electrons. The minimum absolute atomic E-state index is 0.0413. The Balaban J connectivity index is 1.84. The highest BCUT2D eigenvalue weighted by Gasteiger charge is 2.28. The molecule has 0 bridgehead atoms. The van der Waals surface area contributed by atoms with E-state index in [0.717, 1.165) is 25.1 Å². The van der Waals surface area contributed by atoms with Crippen molar-refractivity contribution in [2.24, 2.45) is 0 Å². The number of aryl methyl sites for hydroxylation is 1. The van der Waals surface area contributed by atoms with Crippen molar-refractivity contribution in [1.82, 2.24) is 4.90 Å². The van der Waals surface area contributed by atoms with Crippen molar-refractivity contribution < 1.29 is 4.79 Å². The number of piperidine rings is 1. The molecule has 0 aromatic heterocycles. The molecule has 1 unspecified atom stereocenters. The van der Waals surface area contributed by atoms with Crippen molar-refractivity contribution in [3.05, 3.63) is 71.3 Å². The molecule has 3 rings (SSSR count). The van der Waals surface area contributed by atoms with Gasteiger partial charge in [0.1, 0.15) is 0 Å². The number of Topliss-reactive ketones (excluding diaryl/α,β-unsaturated/α-hetero) is 1. The van der Waals surface area contributed by atoms with Crippen LogP contribution in [0.4, 0.5) is 0 Å². The molecule has 2 aromatic carbocycles. The Hall–Kier alpha value is -1.93. The fraction of sp³-hybridized carbons (Fsp3) is 0.381. The first kappa shape index (κ1) is 15.9. The van der Waals surface area contributed by atoms with Crippen LogP contribution in [-0.2, 0) is 6.42 Å². The van der Waals surface area contributed by atoms with E-state index in [-0.39, 0.29) is 11.8 Å². The highest BCUT2D eigenvalue weighted by Crippen LogP contribution is 2.19. The quantitative estimate of drug-likeness (QED) is 0.769. The van der Waals surface area contributed by atoms with Gasteiger partial charge in [-0.1, -0.05) is 66.6 Å². The summed E-state index contributed by atoms with van der Waals surface area (Å²) in [5, 5.41) is 0. The Labute approximate surface area is 139 Å². The first-order chi connectivity index (χ1) is 11.2. The van der Waals surface area contributed by atoms with Gasteiger partial charge in [-0.3, -0.25) is 9.69 Å². The van der Waals surface area contributed by atoms with Crippen molar-refractivity contribution in [2.45, 2.75) is 38.6 Å². The average Bonchev–Trinajstić information content (AvgIpc) is 2.61. The number of hydrogen-bond donors (Lipinski definition) is 0. The Morgan fingerprint density at radius 1 is 0.957 bits per heavy atom. The standard InChI is InChI=1S/C21H25NO/c1-17-10-12-19(13-11-17)21(23)20(22-14-6-3-7-15-22)16-18-8-4-2-5-9-18/h2,4-5,8-13,20H,3,6-7,14-16H2,1H3. The lowest BCUT2D eigenvalue weighted by Crippen LogP contribution is -2.45. The van der Waals surface area contributed by atoms with Crippen LogP contribution in [-0.4, -0.2) is 29.8 Å². The third-order valence-electron chi connectivity index (χ3n) is 4.74. The summed E-state index contributed by atoms with van der Waals surface area (Å²) in [6, 6.07) is 18.4. The Kier molecular flexibility index (Phi) is 5.24. The number of nitrogens with zero attached hydrogens (tertiary/aromatic N) is 1. The maximum Gasteiger partial charge on any atom is 0.180 e. The number of rotatable bonds is 5. The molecule has 1 heterocycles. The molecule has 0 aliphatic carbocycles. The summed E-state index contributed by atoms with van der Waals surface area (Å²) in [5.74, 6) is 0.260. The van der Waals surface area contributed by atoms with Gasteiger partial charge in [-0.05, 0) is 44.8 Å². The number of ketones is 1. The van der Waals surface area contributed by atoms with Gasteiger partial charge >= 0.3 is 0 Å². The van der Waals surface area contributed by atoms with Crippen LogP contribution in [0.1, 0.15) is 40.7 Å². The van der Waals surface area contributed by atoms with Crippen LogP contribution in [0.2, 0.25) is 0 Å². The summed E-state index contributed by atoms with van der Waals surface area (Å²) in [4.78, 5) is 15.5. The molecule has 0 amide bonds. The molecule has 0 N–H and O–H groups in total. The molecule has 1 aliphatic heterocycles. The van der Waals surface area contributed by atoms with Gasteiger partial charge in [0.2, 0.25) is 0 Å². The monoisotopic (exact) mass is 307 g/mol. The molecule has 2 nitrogen and oxygen atoms in total. The van der Waals surface area contributed by atoms with Gasteiger partial charge in [-0.2, -0.15) is 0 Å². The van der Waals surface area contributed by atoms with Crippen molar-refractivity contribution >= 4 is 5.78 Å². The second kappa shape index (κ2) is 7.56. The molecule has 1 saturated heterocycles. The van der Waals surface area contributed by atoms with Gasteiger partial charge in [-0.15, -0.1) is 0 Å². The number of benzene rings is 2. The molecule has 1 atom stereocenters. The SMILES string of the molecule is Cc1ccc(C(=O)C(Cc2ccccc2)N2CCCCC2)cc1. The van der Waals surface area contributed by atoms with Crippen molar-refractivity contribution in [3.8, 4) is 0 Å². The van der Waals surface area contributed by atoms with Gasteiger partial charge in [0, 0.05) is 5.56 Å². The van der Waals surface area contributed by atoms with E-state index in [9.17, 15) is 4.79 Å². The predicted octanol–water partition coefficient (Wildman–Crippen LogP) is 4.27. The van der Waals surface area contributed by atoms with Crippen LogP contribution in [0, 0.1) is 6.92 Å². The second-order valence-corrected chi connectivity index (χ2v) is 6.53. The lowest BCUT2D eigenvalue weighted by molar-refractivity contribution is 0.0783. The molecular formula is C21H25NO. The third kappa shape index (κ3) is 4.08. The van der Waals surface area contributed by atoms with E-state index < -0.39 is 0 Å². The van der Waals surface area contributed by atoms with Crippen molar-refractivity contribution in [1.29, 1.82) is 0 Å². The fourth-order valence-electron chi connectivity index (χ4n) is 3.37. The molecule has 1 aliphatic rings. The molecule has 120 valence electrons. The minimum atomic E-state index is -0.0413.